The molecule has 0 fully saturated rings. The molecule has 1 N–H and O–H groups in total. The van der Waals surface area contributed by atoms with E-state index in [1.807, 2.05) is 0 Å². The summed E-state index contributed by atoms with van der Waals surface area (Å²) in [4.78, 5) is 11.8. The second-order valence-electron chi connectivity index (χ2n) is 5.73. The maximum Gasteiger partial charge on any atom is 0.412 e. The van der Waals surface area contributed by atoms with Crippen LogP contribution >= 0.6 is 0 Å². The summed E-state index contributed by atoms with van der Waals surface area (Å²) in [5, 5.41) is 2.55. The van der Waals surface area contributed by atoms with Gasteiger partial charge in [-0.3, -0.25) is 5.32 Å². The smallest absolute Gasteiger partial charge is 0.412 e. The van der Waals surface area contributed by atoms with Crippen LogP contribution in [-0.2, 0) is 14.8 Å². The van der Waals surface area contributed by atoms with Crippen molar-refractivity contribution in [3.05, 3.63) is 36.9 Å². The number of anilines is 1. The van der Waals surface area contributed by atoms with E-state index in [1.165, 1.54) is 41.7 Å². The highest BCUT2D eigenvalue weighted by Gasteiger charge is 2.20. The third kappa shape index (κ3) is 5.16. The van der Waals surface area contributed by atoms with Gasteiger partial charge in [-0.25, -0.2) is 13.2 Å². The molecule has 0 heterocycles. The molecule has 1 amide bonds. The van der Waals surface area contributed by atoms with Gasteiger partial charge in [0.25, 0.3) is 0 Å². The summed E-state index contributed by atoms with van der Waals surface area (Å²) < 4.78 is 30.7. The summed E-state index contributed by atoms with van der Waals surface area (Å²) in [7, 11) is -2.08. The number of nitrogens with one attached hydrogen (secondary N) is 1. The fraction of sp³-hybridized carbons (Fsp3) is 0.400. The van der Waals surface area contributed by atoms with Crippen molar-refractivity contribution < 1.29 is 17.9 Å². The zero-order chi connectivity index (χ0) is 17.0. The maximum absolute atomic E-state index is 12.2. The Morgan fingerprint density at radius 1 is 1.32 bits per heavy atom. The standard InChI is InChI=1S/C15H22N2O4S/c1-6-11-17(5)22(19,20)13-9-7-12(8-10-13)16-14(18)21-15(2,3)4/h6-10H,1,11H2,2-5H3,(H,16,18). The minimum atomic E-state index is -3.56. The number of amides is 1. The first-order valence-electron chi connectivity index (χ1n) is 6.73. The number of nitrogens with zero attached hydrogens (tertiary/aromatic N) is 1. The van der Waals surface area contributed by atoms with Crippen molar-refractivity contribution in [2.24, 2.45) is 0 Å². The Kier molecular flexibility index (Phi) is 5.73. The van der Waals surface area contributed by atoms with Crippen LogP contribution < -0.4 is 5.32 Å². The maximum atomic E-state index is 12.2. The number of hydrogen-bond acceptors (Lipinski definition) is 4. The number of carbonyl (C=O) groups excluding carboxylic acids is 1. The molecule has 6 nitrogen and oxygen atoms in total. The Hall–Kier alpha value is -1.86. The van der Waals surface area contributed by atoms with E-state index in [9.17, 15) is 13.2 Å². The molecule has 1 rings (SSSR count). The van der Waals surface area contributed by atoms with Gasteiger partial charge in [-0.2, -0.15) is 4.31 Å². The van der Waals surface area contributed by atoms with Crippen molar-refractivity contribution >= 4 is 21.8 Å². The van der Waals surface area contributed by atoms with Crippen molar-refractivity contribution in [1.29, 1.82) is 0 Å². The van der Waals surface area contributed by atoms with Crippen molar-refractivity contribution in [2.75, 3.05) is 18.9 Å². The fourth-order valence-corrected chi connectivity index (χ4v) is 2.73. The van der Waals surface area contributed by atoms with Gasteiger partial charge in [0, 0.05) is 19.3 Å². The number of likely N-dealkylation sites (N-methyl/N-ethyl adjacent to an activating group) is 1. The fourth-order valence-electron chi connectivity index (χ4n) is 1.59. The van der Waals surface area contributed by atoms with Crippen LogP contribution in [0.25, 0.3) is 0 Å². The van der Waals surface area contributed by atoms with Crippen LogP contribution in [0.3, 0.4) is 0 Å². The van der Waals surface area contributed by atoms with Crippen LogP contribution in [0, 0.1) is 0 Å². The molecule has 0 unspecified atom stereocenters. The van der Waals surface area contributed by atoms with E-state index >= 15 is 0 Å². The van der Waals surface area contributed by atoms with E-state index in [0.29, 0.717) is 5.69 Å². The minimum absolute atomic E-state index is 0.145. The molecule has 1 aromatic carbocycles. The molecular weight excluding hydrogens is 304 g/mol. The molecule has 0 aliphatic rings. The summed E-state index contributed by atoms with van der Waals surface area (Å²) in [6.45, 7) is 9.02. The lowest BCUT2D eigenvalue weighted by Crippen LogP contribution is -2.27. The van der Waals surface area contributed by atoms with Crippen LogP contribution in [-0.4, -0.2) is 38.0 Å². The number of carbonyl (C=O) groups is 1. The van der Waals surface area contributed by atoms with E-state index in [0.717, 1.165) is 0 Å². The van der Waals surface area contributed by atoms with Gasteiger partial charge >= 0.3 is 6.09 Å². The predicted octanol–water partition coefficient (Wildman–Crippen LogP) is 2.84. The molecule has 0 aliphatic carbocycles. The normalized spacial score (nSPS) is 12.0. The second-order valence-corrected chi connectivity index (χ2v) is 7.77. The minimum Gasteiger partial charge on any atom is -0.444 e. The Bertz CT molecular complexity index is 631. The van der Waals surface area contributed by atoms with Gasteiger partial charge in [-0.05, 0) is 45.0 Å². The topological polar surface area (TPSA) is 75.7 Å². The summed E-state index contributed by atoms with van der Waals surface area (Å²) in [5.74, 6) is 0. The summed E-state index contributed by atoms with van der Waals surface area (Å²) in [6.07, 6.45) is 0.919. The van der Waals surface area contributed by atoms with Crippen LogP contribution in [0.15, 0.2) is 41.8 Å². The second kappa shape index (κ2) is 6.93. The first-order valence-corrected chi connectivity index (χ1v) is 8.17. The molecule has 0 aromatic heterocycles. The summed E-state index contributed by atoms with van der Waals surface area (Å²) in [6, 6.07) is 5.89. The van der Waals surface area contributed by atoms with Crippen molar-refractivity contribution in [1.82, 2.24) is 4.31 Å². The highest BCUT2D eigenvalue weighted by atomic mass is 32.2. The molecule has 0 aliphatic heterocycles. The number of hydrogen-bond donors (Lipinski definition) is 1. The Morgan fingerprint density at radius 2 is 1.86 bits per heavy atom. The molecule has 0 radical (unpaired) electrons. The zero-order valence-electron chi connectivity index (χ0n) is 13.3. The highest BCUT2D eigenvalue weighted by Crippen LogP contribution is 2.18. The molecule has 0 saturated carbocycles. The average molecular weight is 326 g/mol. The number of benzene rings is 1. The lowest BCUT2D eigenvalue weighted by molar-refractivity contribution is 0.0636. The van der Waals surface area contributed by atoms with Crippen molar-refractivity contribution in [3.63, 3.8) is 0 Å². The van der Waals surface area contributed by atoms with Gasteiger partial charge < -0.3 is 4.74 Å². The van der Waals surface area contributed by atoms with E-state index < -0.39 is 21.7 Å². The van der Waals surface area contributed by atoms with Gasteiger partial charge in [0.2, 0.25) is 10.0 Å². The highest BCUT2D eigenvalue weighted by molar-refractivity contribution is 7.89. The molecule has 1 aromatic rings. The largest absolute Gasteiger partial charge is 0.444 e. The third-order valence-corrected chi connectivity index (χ3v) is 4.43. The van der Waals surface area contributed by atoms with Crippen LogP contribution in [0.2, 0.25) is 0 Å². The average Bonchev–Trinajstić information content (AvgIpc) is 2.37. The molecule has 0 spiro atoms. The summed E-state index contributed by atoms with van der Waals surface area (Å²) in [5.41, 5.74) is -0.139. The van der Waals surface area contributed by atoms with Crippen molar-refractivity contribution in [3.8, 4) is 0 Å². The molecule has 0 bridgehead atoms. The lowest BCUT2D eigenvalue weighted by atomic mass is 10.2. The predicted molar refractivity (Wildman–Crippen MR) is 86.3 cm³/mol. The van der Waals surface area contributed by atoms with E-state index in [-0.39, 0.29) is 11.4 Å². The van der Waals surface area contributed by atoms with E-state index in [4.69, 9.17) is 4.74 Å². The quantitative estimate of drug-likeness (QED) is 0.844. The number of ether oxygens (including phenoxy) is 1. The van der Waals surface area contributed by atoms with E-state index in [1.54, 1.807) is 20.8 Å². The molecular formula is C15H22N2O4S. The van der Waals surface area contributed by atoms with E-state index in [2.05, 4.69) is 11.9 Å². The Labute approximate surface area is 131 Å². The Balaban J connectivity index is 2.83. The summed E-state index contributed by atoms with van der Waals surface area (Å²) >= 11 is 0. The zero-order valence-corrected chi connectivity index (χ0v) is 14.1. The van der Waals surface area contributed by atoms with Crippen LogP contribution in [0.1, 0.15) is 20.8 Å². The SMILES string of the molecule is C=CCN(C)S(=O)(=O)c1ccc(NC(=O)OC(C)(C)C)cc1. The van der Waals surface area contributed by atoms with Crippen LogP contribution in [0.5, 0.6) is 0 Å². The number of sulfonamides is 1. The molecule has 122 valence electrons. The van der Waals surface area contributed by atoms with Gasteiger partial charge in [0.1, 0.15) is 5.60 Å². The van der Waals surface area contributed by atoms with Gasteiger partial charge in [0.15, 0.2) is 0 Å². The van der Waals surface area contributed by atoms with Gasteiger partial charge in [-0.1, -0.05) is 6.08 Å². The third-order valence-electron chi connectivity index (χ3n) is 2.59. The van der Waals surface area contributed by atoms with Crippen LogP contribution in [0.4, 0.5) is 10.5 Å². The lowest BCUT2D eigenvalue weighted by Gasteiger charge is -2.20. The molecule has 7 heteroatoms. The molecule has 22 heavy (non-hydrogen) atoms. The monoisotopic (exact) mass is 326 g/mol. The first kappa shape index (κ1) is 18.2. The van der Waals surface area contributed by atoms with Gasteiger partial charge in [-0.15, -0.1) is 6.58 Å². The number of rotatable bonds is 5. The van der Waals surface area contributed by atoms with Crippen molar-refractivity contribution in [2.45, 2.75) is 31.3 Å². The molecule has 0 atom stereocenters. The Morgan fingerprint density at radius 3 is 2.32 bits per heavy atom. The molecule has 0 saturated heterocycles. The first-order chi connectivity index (χ1) is 10.1. The van der Waals surface area contributed by atoms with Gasteiger partial charge in [0.05, 0.1) is 4.90 Å².